The number of anilines is 1. The Morgan fingerprint density at radius 3 is 2.65 bits per heavy atom. The maximum Gasteiger partial charge on any atom is 0.224 e. The first-order chi connectivity index (χ1) is 15.2. The molecule has 0 aliphatic rings. The summed E-state index contributed by atoms with van der Waals surface area (Å²) in [5.41, 5.74) is 2.81. The molecular formula is C23H23ClN6O. The average molecular weight is 435 g/mol. The lowest BCUT2D eigenvalue weighted by Gasteiger charge is -2.08. The second-order valence-electron chi connectivity index (χ2n) is 7.11. The molecule has 0 aliphatic heterocycles. The maximum absolute atomic E-state index is 12.2. The number of fused-ring (bicyclic) bond motifs is 1. The van der Waals surface area contributed by atoms with Crippen LogP contribution in [0.2, 0.25) is 5.02 Å². The number of benzene rings is 2. The highest BCUT2D eigenvalue weighted by atomic mass is 35.5. The quantitative estimate of drug-likeness (QED) is 0.421. The smallest absolute Gasteiger partial charge is 0.224 e. The lowest BCUT2D eigenvalue weighted by atomic mass is 10.1. The summed E-state index contributed by atoms with van der Waals surface area (Å²) in [6.45, 7) is 1.72. The third-order valence-electron chi connectivity index (χ3n) is 4.94. The summed E-state index contributed by atoms with van der Waals surface area (Å²) in [6.07, 6.45) is 4.43. The van der Waals surface area contributed by atoms with Gasteiger partial charge in [0.05, 0.1) is 24.5 Å². The molecule has 1 amide bonds. The molecule has 0 radical (unpaired) electrons. The van der Waals surface area contributed by atoms with Gasteiger partial charge in [0.2, 0.25) is 5.91 Å². The topological polar surface area (TPSA) is 84.7 Å². The van der Waals surface area contributed by atoms with Gasteiger partial charge in [-0.2, -0.15) is 5.10 Å². The Bertz CT molecular complexity index is 1160. The van der Waals surface area contributed by atoms with E-state index in [1.807, 2.05) is 36.4 Å². The van der Waals surface area contributed by atoms with E-state index in [9.17, 15) is 4.79 Å². The molecule has 0 spiro atoms. The fraction of sp³-hybridized carbons (Fsp3) is 0.217. The second-order valence-corrected chi connectivity index (χ2v) is 7.51. The van der Waals surface area contributed by atoms with Gasteiger partial charge in [0.1, 0.15) is 12.1 Å². The second kappa shape index (κ2) is 10.0. The SMILES string of the molecule is O=C(Cc1ccccc1Cl)NCCn1ncc2c(NCCc3ccccc3)ncnc21. The van der Waals surface area contributed by atoms with E-state index in [2.05, 4.69) is 37.8 Å². The van der Waals surface area contributed by atoms with Gasteiger partial charge in [0, 0.05) is 18.1 Å². The number of amides is 1. The van der Waals surface area contributed by atoms with Crippen molar-refractivity contribution >= 4 is 34.4 Å². The molecule has 4 rings (SSSR count). The fourth-order valence-corrected chi connectivity index (χ4v) is 3.55. The molecule has 0 saturated heterocycles. The highest BCUT2D eigenvalue weighted by molar-refractivity contribution is 6.31. The normalized spacial score (nSPS) is 10.9. The van der Waals surface area contributed by atoms with E-state index in [0.717, 1.165) is 35.4 Å². The molecule has 2 heterocycles. The predicted octanol–water partition coefficient (Wildman–Crippen LogP) is 3.49. The van der Waals surface area contributed by atoms with Crippen molar-refractivity contribution in [2.45, 2.75) is 19.4 Å². The largest absolute Gasteiger partial charge is 0.369 e. The summed E-state index contributed by atoms with van der Waals surface area (Å²) in [7, 11) is 0. The summed E-state index contributed by atoms with van der Waals surface area (Å²) in [5, 5.41) is 12.2. The Morgan fingerprint density at radius 1 is 1.00 bits per heavy atom. The van der Waals surface area contributed by atoms with Crippen molar-refractivity contribution in [2.75, 3.05) is 18.4 Å². The number of carbonyl (C=O) groups excluding carboxylic acids is 1. The van der Waals surface area contributed by atoms with Gasteiger partial charge >= 0.3 is 0 Å². The summed E-state index contributed by atoms with van der Waals surface area (Å²) >= 11 is 6.12. The van der Waals surface area contributed by atoms with Crippen molar-refractivity contribution in [1.29, 1.82) is 0 Å². The molecule has 2 N–H and O–H groups in total. The first kappa shape index (κ1) is 20.8. The third-order valence-corrected chi connectivity index (χ3v) is 5.31. The van der Waals surface area contributed by atoms with Crippen LogP contribution >= 0.6 is 11.6 Å². The van der Waals surface area contributed by atoms with Crippen LogP contribution in [0, 0.1) is 0 Å². The Morgan fingerprint density at radius 2 is 1.81 bits per heavy atom. The van der Waals surface area contributed by atoms with E-state index in [0.29, 0.717) is 18.1 Å². The molecule has 8 heteroatoms. The lowest BCUT2D eigenvalue weighted by molar-refractivity contribution is -0.120. The molecule has 0 unspecified atom stereocenters. The van der Waals surface area contributed by atoms with E-state index in [-0.39, 0.29) is 12.3 Å². The molecule has 0 aliphatic carbocycles. The minimum Gasteiger partial charge on any atom is -0.369 e. The van der Waals surface area contributed by atoms with Crippen molar-refractivity contribution in [3.05, 3.63) is 83.3 Å². The molecule has 158 valence electrons. The van der Waals surface area contributed by atoms with Gasteiger partial charge in [-0.25, -0.2) is 14.6 Å². The number of nitrogens with one attached hydrogen (secondary N) is 2. The van der Waals surface area contributed by atoms with Gasteiger partial charge in [0.15, 0.2) is 5.65 Å². The van der Waals surface area contributed by atoms with Crippen LogP contribution < -0.4 is 10.6 Å². The molecule has 0 saturated carbocycles. The van der Waals surface area contributed by atoms with Crippen LogP contribution in [0.3, 0.4) is 0 Å². The predicted molar refractivity (Wildman–Crippen MR) is 122 cm³/mol. The molecule has 7 nitrogen and oxygen atoms in total. The number of hydrogen-bond acceptors (Lipinski definition) is 5. The Labute approximate surface area is 185 Å². The lowest BCUT2D eigenvalue weighted by Crippen LogP contribution is -2.29. The summed E-state index contributed by atoms with van der Waals surface area (Å²) < 4.78 is 1.77. The van der Waals surface area contributed by atoms with Gasteiger partial charge in [-0.3, -0.25) is 4.79 Å². The van der Waals surface area contributed by atoms with Crippen molar-refractivity contribution < 1.29 is 4.79 Å². The highest BCUT2D eigenvalue weighted by Crippen LogP contribution is 2.18. The van der Waals surface area contributed by atoms with E-state index in [1.54, 1.807) is 16.9 Å². The van der Waals surface area contributed by atoms with Crippen LogP contribution in [0.4, 0.5) is 5.82 Å². The van der Waals surface area contributed by atoms with Crippen LogP contribution in [-0.4, -0.2) is 38.7 Å². The summed E-state index contributed by atoms with van der Waals surface area (Å²) in [5.74, 6) is 0.678. The molecular weight excluding hydrogens is 412 g/mol. The van der Waals surface area contributed by atoms with Crippen LogP contribution in [0.1, 0.15) is 11.1 Å². The van der Waals surface area contributed by atoms with E-state index in [4.69, 9.17) is 11.6 Å². The molecule has 2 aromatic carbocycles. The monoisotopic (exact) mass is 434 g/mol. The molecule has 4 aromatic rings. The Balaban J connectivity index is 1.32. The van der Waals surface area contributed by atoms with E-state index < -0.39 is 0 Å². The molecule has 0 atom stereocenters. The van der Waals surface area contributed by atoms with E-state index in [1.165, 1.54) is 11.9 Å². The number of rotatable bonds is 9. The zero-order chi connectivity index (χ0) is 21.5. The van der Waals surface area contributed by atoms with Gasteiger partial charge in [0.25, 0.3) is 0 Å². The number of halogens is 1. The first-order valence-corrected chi connectivity index (χ1v) is 10.5. The summed E-state index contributed by atoms with van der Waals surface area (Å²) in [4.78, 5) is 20.9. The number of aromatic nitrogens is 4. The third kappa shape index (κ3) is 5.38. The fourth-order valence-electron chi connectivity index (χ4n) is 3.35. The van der Waals surface area contributed by atoms with Crippen molar-refractivity contribution in [1.82, 2.24) is 25.1 Å². The van der Waals surface area contributed by atoms with Crippen LogP contribution in [0.15, 0.2) is 67.1 Å². The van der Waals surface area contributed by atoms with Gasteiger partial charge in [-0.15, -0.1) is 0 Å². The average Bonchev–Trinajstić information content (AvgIpc) is 3.20. The molecule has 2 aromatic heterocycles. The minimum absolute atomic E-state index is 0.0811. The maximum atomic E-state index is 12.2. The van der Waals surface area contributed by atoms with Gasteiger partial charge in [-0.05, 0) is 23.6 Å². The number of nitrogens with zero attached hydrogens (tertiary/aromatic N) is 4. The summed E-state index contributed by atoms with van der Waals surface area (Å²) in [6, 6.07) is 17.7. The Hall–Kier alpha value is -3.45. The zero-order valence-corrected chi connectivity index (χ0v) is 17.7. The molecule has 31 heavy (non-hydrogen) atoms. The standard InChI is InChI=1S/C23H23ClN6O/c24-20-9-5-4-8-18(20)14-21(31)25-12-13-30-23-19(15-29-30)22(27-16-28-23)26-11-10-17-6-2-1-3-7-17/h1-9,15-16H,10-14H2,(H,25,31)(H,26,27,28). The Kier molecular flexibility index (Phi) is 6.74. The first-order valence-electron chi connectivity index (χ1n) is 10.1. The van der Waals surface area contributed by atoms with Gasteiger partial charge in [-0.1, -0.05) is 60.1 Å². The van der Waals surface area contributed by atoms with Crippen molar-refractivity contribution in [3.8, 4) is 0 Å². The van der Waals surface area contributed by atoms with Crippen molar-refractivity contribution in [3.63, 3.8) is 0 Å². The van der Waals surface area contributed by atoms with Crippen LogP contribution in [-0.2, 0) is 24.2 Å². The molecule has 0 bridgehead atoms. The number of hydrogen-bond donors (Lipinski definition) is 2. The van der Waals surface area contributed by atoms with Gasteiger partial charge < -0.3 is 10.6 Å². The number of carbonyl (C=O) groups is 1. The van der Waals surface area contributed by atoms with Crippen LogP contribution in [0.25, 0.3) is 11.0 Å². The van der Waals surface area contributed by atoms with Crippen molar-refractivity contribution in [2.24, 2.45) is 0 Å². The molecule has 0 fully saturated rings. The highest BCUT2D eigenvalue weighted by Gasteiger charge is 2.11. The van der Waals surface area contributed by atoms with Crippen LogP contribution in [0.5, 0.6) is 0 Å². The minimum atomic E-state index is -0.0811. The van der Waals surface area contributed by atoms with E-state index >= 15 is 0 Å². The zero-order valence-electron chi connectivity index (χ0n) is 17.0.